The summed E-state index contributed by atoms with van der Waals surface area (Å²) < 4.78 is 21.8. The summed E-state index contributed by atoms with van der Waals surface area (Å²) in [6.07, 6.45) is 7.77. The number of carbonyl (C=O) groups excluding carboxylic acids is 1. The molecule has 6 rings (SSSR count). The fourth-order valence-electron chi connectivity index (χ4n) is 5.84. The number of carbonyl (C=O) groups is 1. The van der Waals surface area contributed by atoms with Gasteiger partial charge in [-0.1, -0.05) is 30.7 Å². The maximum atomic E-state index is 14.7. The maximum Gasteiger partial charge on any atom is 0.253 e. The summed E-state index contributed by atoms with van der Waals surface area (Å²) >= 11 is 0. The van der Waals surface area contributed by atoms with Crippen molar-refractivity contribution in [3.05, 3.63) is 83.3 Å². The second-order valence-electron chi connectivity index (χ2n) is 10.3. The van der Waals surface area contributed by atoms with E-state index in [1.165, 1.54) is 32.4 Å². The van der Waals surface area contributed by atoms with Crippen LogP contribution < -0.4 is 10.1 Å². The van der Waals surface area contributed by atoms with E-state index < -0.39 is 0 Å². The largest absolute Gasteiger partial charge is 0.481 e. The van der Waals surface area contributed by atoms with Crippen molar-refractivity contribution in [3.63, 3.8) is 0 Å². The zero-order chi connectivity index (χ0) is 25.6. The Morgan fingerprint density at radius 2 is 1.97 bits per heavy atom. The Labute approximate surface area is 214 Å². The molecule has 0 atom stereocenters. The minimum absolute atomic E-state index is 0.142. The molecule has 2 aliphatic carbocycles. The number of nitriles is 1. The molecule has 1 N–H and O–H groups in total. The zero-order valence-corrected chi connectivity index (χ0v) is 20.6. The summed E-state index contributed by atoms with van der Waals surface area (Å²) in [5, 5.41) is 12.9. The molecule has 2 saturated carbocycles. The molecule has 186 valence electrons. The first kappa shape index (κ1) is 23.2. The molecule has 0 aliphatic heterocycles. The molecule has 0 bridgehead atoms. The number of aromatic nitrogens is 2. The minimum Gasteiger partial charge on any atom is -0.481 e. The lowest BCUT2D eigenvalue weighted by molar-refractivity contribution is -0.000603. The first-order valence-corrected chi connectivity index (χ1v) is 12.6. The maximum absolute atomic E-state index is 14.7. The Balaban J connectivity index is 1.25. The molecule has 4 aromatic rings. The van der Waals surface area contributed by atoms with Crippen molar-refractivity contribution in [2.45, 2.75) is 44.7 Å². The van der Waals surface area contributed by atoms with Crippen molar-refractivity contribution < 1.29 is 13.9 Å². The highest BCUT2D eigenvalue weighted by Crippen LogP contribution is 2.55. The fraction of sp³-hybridized carbons (Fsp3) is 0.300. The highest BCUT2D eigenvalue weighted by Gasteiger charge is 2.48. The van der Waals surface area contributed by atoms with Crippen LogP contribution in [0, 0.1) is 22.6 Å². The van der Waals surface area contributed by atoms with E-state index in [0.29, 0.717) is 45.6 Å². The van der Waals surface area contributed by atoms with Crippen LogP contribution >= 0.6 is 0 Å². The zero-order valence-electron chi connectivity index (χ0n) is 20.6. The number of rotatable bonds is 6. The summed E-state index contributed by atoms with van der Waals surface area (Å²) in [5.74, 6) is -0.0958. The number of ether oxygens (including phenoxy) is 1. The average molecular weight is 495 g/mol. The van der Waals surface area contributed by atoms with Crippen LogP contribution in [-0.4, -0.2) is 28.6 Å². The van der Waals surface area contributed by atoms with Gasteiger partial charge in [0.1, 0.15) is 5.82 Å². The van der Waals surface area contributed by atoms with Gasteiger partial charge < -0.3 is 14.6 Å². The van der Waals surface area contributed by atoms with E-state index in [1.807, 2.05) is 35.0 Å². The van der Waals surface area contributed by atoms with Crippen LogP contribution in [0.15, 0.2) is 60.8 Å². The number of methoxy groups -OCH3 is 1. The third-order valence-corrected chi connectivity index (χ3v) is 7.97. The lowest BCUT2D eigenvalue weighted by Gasteiger charge is -2.54. The molecule has 37 heavy (non-hydrogen) atoms. The van der Waals surface area contributed by atoms with Gasteiger partial charge in [-0.05, 0) is 60.9 Å². The molecule has 2 fully saturated rings. The normalized spacial score (nSPS) is 16.1. The smallest absolute Gasteiger partial charge is 0.253 e. The molecular weight excluding hydrogens is 467 g/mol. The van der Waals surface area contributed by atoms with Crippen LogP contribution in [0.1, 0.15) is 53.6 Å². The topological polar surface area (TPSA) is 79.9 Å². The summed E-state index contributed by atoms with van der Waals surface area (Å²) in [5.41, 5.74) is 4.54. The van der Waals surface area contributed by atoms with Crippen molar-refractivity contribution in [3.8, 4) is 23.2 Å². The first-order valence-electron chi connectivity index (χ1n) is 12.6. The van der Waals surface area contributed by atoms with Gasteiger partial charge in [0.2, 0.25) is 5.88 Å². The number of benzene rings is 2. The summed E-state index contributed by atoms with van der Waals surface area (Å²) in [6, 6.07) is 18.2. The number of nitrogens with zero attached hydrogens (tertiary/aromatic N) is 3. The van der Waals surface area contributed by atoms with Crippen molar-refractivity contribution in [2.24, 2.45) is 5.41 Å². The Hall–Kier alpha value is -4.18. The second-order valence-corrected chi connectivity index (χ2v) is 10.3. The number of hydrogen-bond donors (Lipinski definition) is 1. The third kappa shape index (κ3) is 4.23. The van der Waals surface area contributed by atoms with Gasteiger partial charge in [0, 0.05) is 35.8 Å². The van der Waals surface area contributed by atoms with Crippen molar-refractivity contribution in [1.82, 2.24) is 14.9 Å². The number of pyridine rings is 1. The quantitative estimate of drug-likeness (QED) is 0.366. The molecule has 0 radical (unpaired) electrons. The fourth-order valence-corrected chi connectivity index (χ4v) is 5.84. The van der Waals surface area contributed by atoms with E-state index in [9.17, 15) is 14.4 Å². The predicted molar refractivity (Wildman–Crippen MR) is 139 cm³/mol. The minimum atomic E-state index is -0.338. The Morgan fingerprint density at radius 3 is 2.65 bits per heavy atom. The van der Waals surface area contributed by atoms with Crippen molar-refractivity contribution in [2.75, 3.05) is 7.11 Å². The number of nitrogens with one attached hydrogen (secondary N) is 1. The Bertz CT molecular complexity index is 1540. The van der Waals surface area contributed by atoms with E-state index in [1.54, 1.807) is 24.3 Å². The Morgan fingerprint density at radius 1 is 1.19 bits per heavy atom. The summed E-state index contributed by atoms with van der Waals surface area (Å²) in [4.78, 5) is 17.7. The number of hydrogen-bond acceptors (Lipinski definition) is 4. The summed E-state index contributed by atoms with van der Waals surface area (Å²) in [7, 11) is 1.52. The molecule has 2 heterocycles. The van der Waals surface area contributed by atoms with Crippen LogP contribution in [-0.2, 0) is 6.54 Å². The average Bonchev–Trinajstić information content (AvgIpc) is 3.29. The predicted octanol–water partition coefficient (Wildman–Crippen LogP) is 5.83. The lowest BCUT2D eigenvalue weighted by Crippen LogP contribution is -2.53. The lowest BCUT2D eigenvalue weighted by atomic mass is 9.54. The van der Waals surface area contributed by atoms with Crippen LogP contribution in [0.4, 0.5) is 4.39 Å². The molecule has 0 unspecified atom stereocenters. The van der Waals surface area contributed by atoms with E-state index >= 15 is 0 Å². The van der Waals surface area contributed by atoms with Gasteiger partial charge in [0.25, 0.3) is 5.91 Å². The van der Waals surface area contributed by atoms with E-state index in [4.69, 9.17) is 4.74 Å². The standard InChI is InChI=1S/C30H27FN4O2/c1-37-27-14-20(17-32)13-26(34-27)21-5-3-19(4-6-21)18-35-12-9-23-25(31)8-7-24(28(23)35)29(36)33-22-15-30(16-22)10-2-11-30/h3-9,12-14,22H,2,10-11,15-16,18H2,1H3,(H,33,36). The molecule has 1 spiro atoms. The molecule has 2 aromatic carbocycles. The highest BCUT2D eigenvalue weighted by atomic mass is 19.1. The number of halogens is 1. The molecule has 0 saturated heterocycles. The van der Waals surface area contributed by atoms with E-state index in [0.717, 1.165) is 24.0 Å². The third-order valence-electron chi connectivity index (χ3n) is 7.97. The summed E-state index contributed by atoms with van der Waals surface area (Å²) in [6.45, 7) is 0.481. The van der Waals surface area contributed by atoms with Crippen LogP contribution in [0.2, 0.25) is 0 Å². The van der Waals surface area contributed by atoms with E-state index in [2.05, 4.69) is 16.4 Å². The van der Waals surface area contributed by atoms with Crippen LogP contribution in [0.25, 0.3) is 22.2 Å². The van der Waals surface area contributed by atoms with E-state index in [-0.39, 0.29) is 17.8 Å². The second kappa shape index (κ2) is 9.04. The monoisotopic (exact) mass is 494 g/mol. The molecule has 2 aromatic heterocycles. The van der Waals surface area contributed by atoms with Gasteiger partial charge in [0.15, 0.2) is 0 Å². The van der Waals surface area contributed by atoms with Gasteiger partial charge in [-0.25, -0.2) is 9.37 Å². The van der Waals surface area contributed by atoms with Gasteiger partial charge in [-0.3, -0.25) is 4.79 Å². The first-order chi connectivity index (χ1) is 18.0. The highest BCUT2D eigenvalue weighted by molar-refractivity contribution is 6.06. The molecular formula is C30H27FN4O2. The molecule has 2 aliphatic rings. The van der Waals surface area contributed by atoms with Gasteiger partial charge >= 0.3 is 0 Å². The van der Waals surface area contributed by atoms with Crippen molar-refractivity contribution in [1.29, 1.82) is 5.26 Å². The van der Waals surface area contributed by atoms with Gasteiger partial charge in [-0.15, -0.1) is 0 Å². The number of fused-ring (bicyclic) bond motifs is 1. The molecule has 1 amide bonds. The van der Waals surface area contributed by atoms with Crippen molar-refractivity contribution >= 4 is 16.8 Å². The molecule has 7 heteroatoms. The van der Waals surface area contributed by atoms with Crippen LogP contribution in [0.3, 0.4) is 0 Å². The number of amides is 1. The van der Waals surface area contributed by atoms with Gasteiger partial charge in [-0.2, -0.15) is 5.26 Å². The molecule has 6 nitrogen and oxygen atoms in total. The van der Waals surface area contributed by atoms with Gasteiger partial charge in [0.05, 0.1) is 35.5 Å². The SMILES string of the molecule is COc1cc(C#N)cc(-c2ccc(Cn3ccc4c(F)ccc(C(=O)NC5CC6(CCC6)C5)c43)cc2)n1. The Kier molecular flexibility index (Phi) is 5.68. The van der Waals surface area contributed by atoms with Crippen LogP contribution in [0.5, 0.6) is 5.88 Å².